The van der Waals surface area contributed by atoms with Gasteiger partial charge in [-0.15, -0.1) is 0 Å². The summed E-state index contributed by atoms with van der Waals surface area (Å²) in [5.74, 6) is 1.17. The Bertz CT molecular complexity index is 918. The zero-order valence-corrected chi connectivity index (χ0v) is 19.1. The summed E-state index contributed by atoms with van der Waals surface area (Å²) in [7, 11) is 4.69. The van der Waals surface area contributed by atoms with Crippen molar-refractivity contribution in [2.45, 2.75) is 56.1 Å². The van der Waals surface area contributed by atoms with Crippen LogP contribution in [0.4, 0.5) is 4.79 Å². The first-order chi connectivity index (χ1) is 15.5. The summed E-state index contributed by atoms with van der Waals surface area (Å²) in [4.78, 5) is 26.2. The molecular formula is C25H33NO6. The van der Waals surface area contributed by atoms with Gasteiger partial charge in [0.25, 0.3) is 0 Å². The van der Waals surface area contributed by atoms with Crippen LogP contribution in [-0.2, 0) is 31.0 Å². The van der Waals surface area contributed by atoms with Gasteiger partial charge in [0.15, 0.2) is 0 Å². The molecule has 2 bridgehead atoms. The molecule has 7 heteroatoms. The molecule has 0 aliphatic heterocycles. The fraction of sp³-hybridized carbons (Fsp3) is 0.680. The van der Waals surface area contributed by atoms with Crippen LogP contribution in [0.3, 0.4) is 0 Å². The van der Waals surface area contributed by atoms with Crippen LogP contribution in [0.5, 0.6) is 5.75 Å². The number of benzene rings is 1. The number of amides is 1. The van der Waals surface area contributed by atoms with Gasteiger partial charge < -0.3 is 24.3 Å². The van der Waals surface area contributed by atoms with Gasteiger partial charge in [0.2, 0.25) is 0 Å². The normalized spacial score (nSPS) is 37.2. The average molecular weight is 444 g/mol. The maximum Gasteiger partial charge on any atom is 0.407 e. The van der Waals surface area contributed by atoms with E-state index in [1.165, 1.54) is 7.11 Å². The monoisotopic (exact) mass is 443 g/mol. The van der Waals surface area contributed by atoms with Crippen LogP contribution >= 0.6 is 0 Å². The SMILES string of the molecule is COCO[C@]12C[C@H](Cc3cc(OC)ccc31)[C@@]1(NC(=O)OC)[C@@H]3CCCC[C@H]3C(=O)C[C@H]12. The number of methoxy groups -OCH3 is 3. The van der Waals surface area contributed by atoms with E-state index >= 15 is 0 Å². The molecule has 1 aromatic carbocycles. The van der Waals surface area contributed by atoms with Crippen molar-refractivity contribution >= 4 is 11.9 Å². The third kappa shape index (κ3) is 2.93. The molecule has 0 spiro atoms. The lowest BCUT2D eigenvalue weighted by Crippen LogP contribution is -2.67. The quantitative estimate of drug-likeness (QED) is 0.701. The van der Waals surface area contributed by atoms with Gasteiger partial charge in [0, 0.05) is 25.4 Å². The number of carbonyl (C=O) groups excluding carboxylic acids is 2. The molecule has 0 saturated heterocycles. The van der Waals surface area contributed by atoms with Crippen molar-refractivity contribution in [2.24, 2.45) is 23.7 Å². The first kappa shape index (κ1) is 21.7. The van der Waals surface area contributed by atoms with Gasteiger partial charge in [-0.2, -0.15) is 0 Å². The summed E-state index contributed by atoms with van der Waals surface area (Å²) < 4.78 is 22.5. The van der Waals surface area contributed by atoms with Gasteiger partial charge in [-0.1, -0.05) is 18.9 Å². The highest BCUT2D eigenvalue weighted by molar-refractivity contribution is 5.84. The molecule has 1 aromatic rings. The van der Waals surface area contributed by atoms with Crippen molar-refractivity contribution in [3.63, 3.8) is 0 Å². The zero-order valence-electron chi connectivity index (χ0n) is 19.1. The van der Waals surface area contributed by atoms with E-state index in [4.69, 9.17) is 18.9 Å². The Morgan fingerprint density at radius 2 is 1.97 bits per heavy atom. The summed E-state index contributed by atoms with van der Waals surface area (Å²) in [6, 6.07) is 6.11. The predicted molar refractivity (Wildman–Crippen MR) is 116 cm³/mol. The fourth-order valence-corrected chi connectivity index (χ4v) is 7.68. The molecule has 174 valence electrons. The second-order valence-electron chi connectivity index (χ2n) is 9.84. The number of carbonyl (C=O) groups is 2. The number of nitrogens with one attached hydrogen (secondary N) is 1. The molecule has 7 nitrogen and oxygen atoms in total. The molecule has 32 heavy (non-hydrogen) atoms. The number of rotatable bonds is 5. The lowest BCUT2D eigenvalue weighted by molar-refractivity contribution is -0.175. The largest absolute Gasteiger partial charge is 0.497 e. The molecule has 3 fully saturated rings. The van der Waals surface area contributed by atoms with Gasteiger partial charge in [0.1, 0.15) is 23.9 Å². The van der Waals surface area contributed by atoms with E-state index in [0.29, 0.717) is 12.2 Å². The molecule has 0 aromatic heterocycles. The third-order valence-electron chi connectivity index (χ3n) is 8.74. The number of hydrogen-bond acceptors (Lipinski definition) is 6. The van der Waals surface area contributed by atoms with Crippen LogP contribution in [0.1, 0.15) is 49.7 Å². The lowest BCUT2D eigenvalue weighted by atomic mass is 9.54. The molecular weight excluding hydrogens is 410 g/mol. The molecule has 0 radical (unpaired) electrons. The number of hydrogen-bond donors (Lipinski definition) is 1. The molecule has 0 unspecified atom stereocenters. The van der Waals surface area contributed by atoms with E-state index in [2.05, 4.69) is 17.4 Å². The van der Waals surface area contributed by atoms with E-state index in [-0.39, 0.29) is 30.5 Å². The van der Waals surface area contributed by atoms with Gasteiger partial charge in [-0.3, -0.25) is 4.79 Å². The molecule has 5 rings (SSSR count). The van der Waals surface area contributed by atoms with Gasteiger partial charge >= 0.3 is 6.09 Å². The highest BCUT2D eigenvalue weighted by Gasteiger charge is 2.72. The summed E-state index contributed by atoms with van der Waals surface area (Å²) >= 11 is 0. The van der Waals surface area contributed by atoms with Crippen LogP contribution < -0.4 is 10.1 Å². The van der Waals surface area contributed by atoms with Crippen LogP contribution in [0.25, 0.3) is 0 Å². The van der Waals surface area contributed by atoms with E-state index < -0.39 is 17.2 Å². The summed E-state index contributed by atoms with van der Waals surface area (Å²) in [6.45, 7) is 0.130. The van der Waals surface area contributed by atoms with Crippen LogP contribution in [0, 0.1) is 23.7 Å². The maximum absolute atomic E-state index is 13.4. The molecule has 4 aliphatic carbocycles. The van der Waals surface area contributed by atoms with Gasteiger partial charge in [0.05, 0.1) is 19.8 Å². The fourth-order valence-electron chi connectivity index (χ4n) is 7.68. The Hall–Kier alpha value is -2.12. The van der Waals surface area contributed by atoms with E-state index in [0.717, 1.165) is 55.4 Å². The van der Waals surface area contributed by atoms with Crippen molar-refractivity contribution in [1.82, 2.24) is 5.32 Å². The van der Waals surface area contributed by atoms with Crippen molar-refractivity contribution in [2.75, 3.05) is 28.1 Å². The van der Waals surface area contributed by atoms with Crippen LogP contribution in [0.15, 0.2) is 18.2 Å². The zero-order chi connectivity index (χ0) is 22.5. The highest BCUT2D eigenvalue weighted by Crippen LogP contribution is 2.67. The minimum Gasteiger partial charge on any atom is -0.497 e. The van der Waals surface area contributed by atoms with Crippen molar-refractivity contribution in [1.29, 1.82) is 0 Å². The Labute approximate surface area is 189 Å². The first-order valence-corrected chi connectivity index (χ1v) is 11.7. The number of ether oxygens (including phenoxy) is 4. The molecule has 1 amide bonds. The van der Waals surface area contributed by atoms with E-state index in [9.17, 15) is 9.59 Å². The molecule has 6 atom stereocenters. The smallest absolute Gasteiger partial charge is 0.407 e. The lowest BCUT2D eigenvalue weighted by Gasteiger charge is -2.54. The maximum atomic E-state index is 13.4. The van der Waals surface area contributed by atoms with Crippen molar-refractivity contribution in [3.8, 4) is 5.75 Å². The standard InChI is InChI=1S/C25H33NO6/c1-29-14-32-24-13-16(10-15-11-17(30-2)8-9-19(15)24)25(26-23(28)31-3)20-7-5-4-6-18(20)21(27)12-22(24)25/h8-9,11,16,18,20,22H,4-7,10,12-14H2,1-3H3,(H,26,28)/t16-,18+,20+,22-,24+,25+/m0/s1. The molecule has 1 N–H and O–H groups in total. The number of alkyl carbamates (subject to hydrolysis) is 1. The van der Waals surface area contributed by atoms with Gasteiger partial charge in [-0.05, 0) is 60.8 Å². The van der Waals surface area contributed by atoms with Crippen molar-refractivity contribution < 1.29 is 28.5 Å². The van der Waals surface area contributed by atoms with E-state index in [1.54, 1.807) is 14.2 Å². The second kappa shape index (κ2) is 8.03. The minimum absolute atomic E-state index is 0.00590. The number of ketones is 1. The summed E-state index contributed by atoms with van der Waals surface area (Å²) in [5.41, 5.74) is 1.01. The minimum atomic E-state index is -0.695. The Balaban J connectivity index is 1.70. The Morgan fingerprint density at radius 3 is 2.72 bits per heavy atom. The second-order valence-corrected chi connectivity index (χ2v) is 9.84. The van der Waals surface area contributed by atoms with Crippen LogP contribution in [0.2, 0.25) is 0 Å². The average Bonchev–Trinajstić information content (AvgIpc) is 3.03. The topological polar surface area (TPSA) is 83.1 Å². The molecule has 0 heterocycles. The summed E-state index contributed by atoms with van der Waals surface area (Å²) in [5, 5.41) is 3.33. The molecule has 3 saturated carbocycles. The number of fused-ring (bicyclic) bond motifs is 9. The highest BCUT2D eigenvalue weighted by atomic mass is 16.7. The molecule has 4 aliphatic rings. The van der Waals surface area contributed by atoms with Gasteiger partial charge in [-0.25, -0.2) is 4.79 Å². The summed E-state index contributed by atoms with van der Waals surface area (Å²) in [6.07, 6.45) is 5.52. The van der Waals surface area contributed by atoms with Crippen molar-refractivity contribution in [3.05, 3.63) is 29.3 Å². The van der Waals surface area contributed by atoms with Crippen LogP contribution in [-0.4, -0.2) is 45.5 Å². The Kier molecular flexibility index (Phi) is 5.45. The first-order valence-electron chi connectivity index (χ1n) is 11.7. The number of Topliss-reactive ketones (excluding diaryl/α,β-unsaturated/α-hetero) is 1. The predicted octanol–water partition coefficient (Wildman–Crippen LogP) is 3.58. The van der Waals surface area contributed by atoms with E-state index in [1.807, 2.05) is 6.07 Å². The third-order valence-corrected chi connectivity index (χ3v) is 8.74. The Morgan fingerprint density at radius 1 is 1.16 bits per heavy atom.